The average Bonchev–Trinajstić information content (AvgIpc) is 2.49. The van der Waals surface area contributed by atoms with E-state index in [1.807, 2.05) is 42.5 Å². The number of benzene rings is 2. The first-order valence-corrected chi connectivity index (χ1v) is 7.92. The van der Waals surface area contributed by atoms with Gasteiger partial charge in [-0.3, -0.25) is 4.79 Å². The molecule has 0 aromatic heterocycles. The van der Waals surface area contributed by atoms with Crippen LogP contribution in [0.5, 0.6) is 0 Å². The molecule has 3 rings (SSSR count). The lowest BCUT2D eigenvalue weighted by Gasteiger charge is -2.26. The van der Waals surface area contributed by atoms with Crippen molar-refractivity contribution in [3.63, 3.8) is 0 Å². The van der Waals surface area contributed by atoms with Crippen molar-refractivity contribution < 1.29 is 4.79 Å². The Labute approximate surface area is 147 Å². The van der Waals surface area contributed by atoms with Crippen LogP contribution in [0.1, 0.15) is 35.6 Å². The van der Waals surface area contributed by atoms with E-state index in [0.29, 0.717) is 11.4 Å². The lowest BCUT2D eigenvalue weighted by atomic mass is 9.87. The molecule has 1 atom stereocenters. The highest BCUT2D eigenvalue weighted by atomic mass is 35.5. The predicted octanol–water partition coefficient (Wildman–Crippen LogP) is 4.08. The number of aryl methyl sites for hydroxylation is 1. The fourth-order valence-electron chi connectivity index (χ4n) is 3.02. The Kier molecular flexibility index (Phi) is 5.91. The second-order valence-corrected chi connectivity index (χ2v) is 6.21. The molecular formula is C18H20Cl2N2O. The van der Waals surface area contributed by atoms with Gasteiger partial charge in [0.1, 0.15) is 0 Å². The van der Waals surface area contributed by atoms with Crippen molar-refractivity contribution in [3.05, 3.63) is 64.2 Å². The molecule has 0 radical (unpaired) electrons. The smallest absolute Gasteiger partial charge is 0.224 e. The lowest BCUT2D eigenvalue weighted by molar-refractivity contribution is -0.121. The van der Waals surface area contributed by atoms with Crippen LogP contribution in [0.25, 0.3) is 0 Å². The highest BCUT2D eigenvalue weighted by molar-refractivity contribution is 6.30. The van der Waals surface area contributed by atoms with Crippen LogP contribution in [0.15, 0.2) is 42.5 Å². The largest absolute Gasteiger partial charge is 0.399 e. The third kappa shape index (κ3) is 4.40. The molecule has 3 nitrogen and oxygen atoms in total. The number of halogens is 2. The van der Waals surface area contributed by atoms with Crippen molar-refractivity contribution >= 4 is 35.6 Å². The molecule has 0 heterocycles. The Hall–Kier alpha value is -1.71. The first-order chi connectivity index (χ1) is 10.6. The van der Waals surface area contributed by atoms with Gasteiger partial charge in [0, 0.05) is 10.7 Å². The Balaban J connectivity index is 0.00000192. The van der Waals surface area contributed by atoms with Gasteiger partial charge in [0.2, 0.25) is 5.91 Å². The number of nitrogens with one attached hydrogen (secondary N) is 1. The summed E-state index contributed by atoms with van der Waals surface area (Å²) < 4.78 is 0. The van der Waals surface area contributed by atoms with Crippen LogP contribution in [0, 0.1) is 0 Å². The Morgan fingerprint density at radius 1 is 1.22 bits per heavy atom. The molecule has 0 aliphatic heterocycles. The van der Waals surface area contributed by atoms with Crippen LogP contribution >= 0.6 is 24.0 Å². The number of hydrogen-bond donors (Lipinski definition) is 2. The molecule has 1 unspecified atom stereocenters. The molecular weight excluding hydrogens is 331 g/mol. The molecule has 2 aromatic carbocycles. The van der Waals surface area contributed by atoms with E-state index in [1.165, 1.54) is 11.1 Å². The summed E-state index contributed by atoms with van der Waals surface area (Å²) in [6.07, 6.45) is 3.45. The van der Waals surface area contributed by atoms with Gasteiger partial charge in [-0.05, 0) is 60.2 Å². The van der Waals surface area contributed by atoms with Crippen molar-refractivity contribution in [3.8, 4) is 0 Å². The van der Waals surface area contributed by atoms with Crippen LogP contribution < -0.4 is 11.1 Å². The quantitative estimate of drug-likeness (QED) is 0.819. The van der Waals surface area contributed by atoms with Crippen LogP contribution in [0.2, 0.25) is 5.02 Å². The van der Waals surface area contributed by atoms with Crippen LogP contribution in [0.4, 0.5) is 5.69 Å². The summed E-state index contributed by atoms with van der Waals surface area (Å²) in [7, 11) is 0. The van der Waals surface area contributed by atoms with Crippen molar-refractivity contribution in [1.29, 1.82) is 0 Å². The number of carbonyl (C=O) groups is 1. The maximum atomic E-state index is 12.3. The number of carbonyl (C=O) groups excluding carboxylic acids is 1. The molecule has 1 amide bonds. The minimum atomic E-state index is 0. The van der Waals surface area contributed by atoms with Gasteiger partial charge in [0.15, 0.2) is 0 Å². The third-order valence-electron chi connectivity index (χ3n) is 4.09. The third-order valence-corrected chi connectivity index (χ3v) is 4.35. The van der Waals surface area contributed by atoms with Gasteiger partial charge < -0.3 is 11.1 Å². The Morgan fingerprint density at radius 2 is 1.96 bits per heavy atom. The monoisotopic (exact) mass is 350 g/mol. The van der Waals surface area contributed by atoms with Crippen molar-refractivity contribution in [2.24, 2.45) is 0 Å². The van der Waals surface area contributed by atoms with Gasteiger partial charge >= 0.3 is 0 Å². The Morgan fingerprint density at radius 3 is 2.70 bits per heavy atom. The summed E-state index contributed by atoms with van der Waals surface area (Å²) in [5, 5.41) is 3.83. The highest BCUT2D eigenvalue weighted by Gasteiger charge is 2.21. The van der Waals surface area contributed by atoms with E-state index in [0.717, 1.165) is 30.5 Å². The molecule has 1 aliphatic rings. The molecule has 3 N–H and O–H groups in total. The minimum Gasteiger partial charge on any atom is -0.399 e. The summed E-state index contributed by atoms with van der Waals surface area (Å²) in [6.45, 7) is 0. The molecule has 0 fully saturated rings. The minimum absolute atomic E-state index is 0. The van der Waals surface area contributed by atoms with E-state index in [-0.39, 0.29) is 24.4 Å². The van der Waals surface area contributed by atoms with Gasteiger partial charge in [-0.15, -0.1) is 12.4 Å². The first-order valence-electron chi connectivity index (χ1n) is 7.54. The fraction of sp³-hybridized carbons (Fsp3) is 0.278. The van der Waals surface area contributed by atoms with E-state index in [1.54, 1.807) is 0 Å². The van der Waals surface area contributed by atoms with E-state index < -0.39 is 0 Å². The number of nitrogen functional groups attached to an aromatic ring is 1. The number of hydrogen-bond acceptors (Lipinski definition) is 2. The van der Waals surface area contributed by atoms with E-state index in [4.69, 9.17) is 17.3 Å². The van der Waals surface area contributed by atoms with Crippen molar-refractivity contribution in [2.75, 3.05) is 5.73 Å². The molecule has 0 spiro atoms. The first kappa shape index (κ1) is 17.6. The fourth-order valence-corrected chi connectivity index (χ4v) is 3.14. The lowest BCUT2D eigenvalue weighted by Crippen LogP contribution is -2.32. The van der Waals surface area contributed by atoms with Gasteiger partial charge in [0.05, 0.1) is 12.5 Å². The van der Waals surface area contributed by atoms with Gasteiger partial charge in [-0.2, -0.15) is 0 Å². The van der Waals surface area contributed by atoms with E-state index in [9.17, 15) is 4.79 Å². The normalized spacial score (nSPS) is 16.1. The molecule has 122 valence electrons. The summed E-state index contributed by atoms with van der Waals surface area (Å²) in [6, 6.07) is 13.4. The second kappa shape index (κ2) is 7.71. The molecule has 0 saturated carbocycles. The molecule has 1 aliphatic carbocycles. The number of rotatable bonds is 3. The van der Waals surface area contributed by atoms with Crippen LogP contribution in [-0.2, 0) is 17.6 Å². The molecule has 23 heavy (non-hydrogen) atoms. The number of anilines is 1. The summed E-state index contributed by atoms with van der Waals surface area (Å²) in [5.41, 5.74) is 10.0. The summed E-state index contributed by atoms with van der Waals surface area (Å²) >= 11 is 5.86. The SMILES string of the molecule is Cl.Nc1ccc2c(c1)CCCC2NC(=O)Cc1ccc(Cl)cc1. The molecule has 5 heteroatoms. The topological polar surface area (TPSA) is 55.1 Å². The van der Waals surface area contributed by atoms with Crippen LogP contribution in [0.3, 0.4) is 0 Å². The predicted molar refractivity (Wildman–Crippen MR) is 97.1 cm³/mol. The van der Waals surface area contributed by atoms with Crippen molar-refractivity contribution in [1.82, 2.24) is 5.32 Å². The number of amides is 1. The Bertz CT molecular complexity index is 686. The van der Waals surface area contributed by atoms with Crippen molar-refractivity contribution in [2.45, 2.75) is 31.7 Å². The van der Waals surface area contributed by atoms with E-state index in [2.05, 4.69) is 5.32 Å². The zero-order valence-electron chi connectivity index (χ0n) is 12.7. The summed E-state index contributed by atoms with van der Waals surface area (Å²) in [4.78, 5) is 12.3. The van der Waals surface area contributed by atoms with Gasteiger partial charge in [-0.25, -0.2) is 0 Å². The van der Waals surface area contributed by atoms with Gasteiger partial charge in [0.25, 0.3) is 0 Å². The maximum Gasteiger partial charge on any atom is 0.224 e. The zero-order chi connectivity index (χ0) is 15.5. The number of nitrogens with two attached hydrogens (primary N) is 1. The second-order valence-electron chi connectivity index (χ2n) is 5.77. The molecule has 0 saturated heterocycles. The standard InChI is InChI=1S/C18H19ClN2O.ClH/c19-14-6-4-12(5-7-14)10-18(22)21-17-3-1-2-13-11-15(20)8-9-16(13)17;/h4-9,11,17H,1-3,10,20H2,(H,21,22);1H. The molecule has 0 bridgehead atoms. The maximum absolute atomic E-state index is 12.3. The zero-order valence-corrected chi connectivity index (χ0v) is 14.3. The van der Waals surface area contributed by atoms with E-state index >= 15 is 0 Å². The average molecular weight is 351 g/mol. The van der Waals surface area contributed by atoms with Gasteiger partial charge in [-0.1, -0.05) is 29.8 Å². The highest BCUT2D eigenvalue weighted by Crippen LogP contribution is 2.31. The summed E-state index contributed by atoms with van der Waals surface area (Å²) in [5.74, 6) is 0.0389. The van der Waals surface area contributed by atoms with Crippen LogP contribution in [-0.4, -0.2) is 5.91 Å². The molecule has 2 aromatic rings. The number of fused-ring (bicyclic) bond motifs is 1.